The average Bonchev–Trinajstić information content (AvgIpc) is 2.39. The van der Waals surface area contributed by atoms with Gasteiger partial charge in [-0.1, -0.05) is 18.2 Å². The van der Waals surface area contributed by atoms with E-state index in [0.717, 1.165) is 26.1 Å². The Bertz CT molecular complexity index is 320. The third-order valence-electron chi connectivity index (χ3n) is 3.54. The van der Waals surface area contributed by atoms with E-state index >= 15 is 0 Å². The third kappa shape index (κ3) is 2.06. The predicted molar refractivity (Wildman–Crippen MR) is 66.7 cm³/mol. The molecule has 0 aromatic heterocycles. The molecule has 0 saturated carbocycles. The fraction of sp³-hybridized carbons (Fsp3) is 0.538. The number of benzene rings is 1. The van der Waals surface area contributed by atoms with Crippen molar-refractivity contribution in [3.8, 4) is 0 Å². The van der Waals surface area contributed by atoms with Gasteiger partial charge in [0.05, 0.1) is 12.1 Å². The first-order valence-corrected chi connectivity index (χ1v) is 5.85. The van der Waals surface area contributed by atoms with Crippen molar-refractivity contribution in [2.45, 2.75) is 18.4 Å². The first kappa shape index (κ1) is 11.4. The molecule has 88 valence electrons. The van der Waals surface area contributed by atoms with Gasteiger partial charge in [-0.25, -0.2) is 0 Å². The maximum Gasteiger partial charge on any atom is 0.0754 e. The minimum atomic E-state index is -0.0282. The van der Waals surface area contributed by atoms with Crippen molar-refractivity contribution in [2.24, 2.45) is 5.73 Å². The lowest BCUT2D eigenvalue weighted by Crippen LogP contribution is -2.57. The quantitative estimate of drug-likeness (QED) is 0.841. The number of nitrogens with two attached hydrogens (primary N) is 1. The molecule has 16 heavy (non-hydrogen) atoms. The van der Waals surface area contributed by atoms with Crippen LogP contribution in [0.4, 0.5) is 5.69 Å². The van der Waals surface area contributed by atoms with Crippen LogP contribution in [0.2, 0.25) is 0 Å². The first-order valence-electron chi connectivity index (χ1n) is 5.85. The summed E-state index contributed by atoms with van der Waals surface area (Å²) in [5, 5.41) is 0. The van der Waals surface area contributed by atoms with Crippen molar-refractivity contribution in [1.82, 2.24) is 0 Å². The molecule has 1 atom stereocenters. The lowest BCUT2D eigenvalue weighted by Gasteiger charge is -2.44. The van der Waals surface area contributed by atoms with Gasteiger partial charge in [0.25, 0.3) is 0 Å². The molecule has 1 fully saturated rings. The molecule has 1 saturated heterocycles. The SMILES string of the molecule is CN(c1ccccc1)C1(CN)CCCOC1. The summed E-state index contributed by atoms with van der Waals surface area (Å²) in [5.74, 6) is 0. The Morgan fingerprint density at radius 2 is 2.12 bits per heavy atom. The maximum atomic E-state index is 5.95. The van der Waals surface area contributed by atoms with E-state index < -0.39 is 0 Å². The fourth-order valence-electron chi connectivity index (χ4n) is 2.33. The van der Waals surface area contributed by atoms with Crippen molar-refractivity contribution < 1.29 is 4.74 Å². The predicted octanol–water partition coefficient (Wildman–Crippen LogP) is 1.63. The molecule has 1 unspecified atom stereocenters. The molecule has 1 aromatic rings. The molecule has 1 heterocycles. The van der Waals surface area contributed by atoms with Gasteiger partial charge in [0.1, 0.15) is 0 Å². The van der Waals surface area contributed by atoms with Crippen molar-refractivity contribution in [3.05, 3.63) is 30.3 Å². The van der Waals surface area contributed by atoms with Crippen LogP contribution in [0.25, 0.3) is 0 Å². The molecule has 0 bridgehead atoms. The molecule has 1 aliphatic heterocycles. The summed E-state index contributed by atoms with van der Waals surface area (Å²) in [5.41, 5.74) is 7.13. The zero-order valence-electron chi connectivity index (χ0n) is 9.86. The van der Waals surface area contributed by atoms with Crippen LogP contribution in [0.3, 0.4) is 0 Å². The van der Waals surface area contributed by atoms with Crippen molar-refractivity contribution in [2.75, 3.05) is 31.7 Å². The van der Waals surface area contributed by atoms with E-state index in [1.165, 1.54) is 5.69 Å². The largest absolute Gasteiger partial charge is 0.379 e. The van der Waals surface area contributed by atoms with Gasteiger partial charge in [0.2, 0.25) is 0 Å². The summed E-state index contributed by atoms with van der Waals surface area (Å²) in [4.78, 5) is 2.27. The van der Waals surface area contributed by atoms with Gasteiger partial charge in [0.15, 0.2) is 0 Å². The molecule has 0 radical (unpaired) electrons. The standard InChI is InChI=1S/C13H20N2O/c1-15(12-6-3-2-4-7-12)13(10-14)8-5-9-16-11-13/h2-4,6-7H,5,8-11,14H2,1H3. The van der Waals surface area contributed by atoms with Gasteiger partial charge < -0.3 is 15.4 Å². The topological polar surface area (TPSA) is 38.5 Å². The first-order chi connectivity index (χ1) is 7.78. The zero-order chi connectivity index (χ0) is 11.4. The highest BCUT2D eigenvalue weighted by Gasteiger charge is 2.35. The highest BCUT2D eigenvalue weighted by Crippen LogP contribution is 2.28. The molecule has 0 spiro atoms. The number of ether oxygens (including phenoxy) is 1. The van der Waals surface area contributed by atoms with Crippen LogP contribution < -0.4 is 10.6 Å². The summed E-state index contributed by atoms with van der Waals surface area (Å²) in [6.45, 7) is 2.23. The van der Waals surface area contributed by atoms with Crippen molar-refractivity contribution in [3.63, 3.8) is 0 Å². The lowest BCUT2D eigenvalue weighted by atomic mass is 9.90. The summed E-state index contributed by atoms with van der Waals surface area (Å²) in [6.07, 6.45) is 2.20. The number of hydrogen-bond acceptors (Lipinski definition) is 3. The van der Waals surface area contributed by atoms with Gasteiger partial charge in [-0.05, 0) is 25.0 Å². The molecular weight excluding hydrogens is 200 g/mol. The van der Waals surface area contributed by atoms with Gasteiger partial charge in [0, 0.05) is 25.9 Å². The smallest absolute Gasteiger partial charge is 0.0754 e. The average molecular weight is 220 g/mol. The molecular formula is C13H20N2O. The van der Waals surface area contributed by atoms with Gasteiger partial charge >= 0.3 is 0 Å². The van der Waals surface area contributed by atoms with Gasteiger partial charge in [-0.2, -0.15) is 0 Å². The molecule has 3 heteroatoms. The molecule has 3 nitrogen and oxygen atoms in total. The van der Waals surface area contributed by atoms with Gasteiger partial charge in [-0.15, -0.1) is 0 Å². The fourth-order valence-corrected chi connectivity index (χ4v) is 2.33. The van der Waals surface area contributed by atoms with Crippen LogP contribution in [0.5, 0.6) is 0 Å². The van der Waals surface area contributed by atoms with E-state index in [0.29, 0.717) is 6.54 Å². The molecule has 0 amide bonds. The van der Waals surface area contributed by atoms with Crippen molar-refractivity contribution >= 4 is 5.69 Å². The van der Waals surface area contributed by atoms with E-state index in [1.54, 1.807) is 0 Å². The van der Waals surface area contributed by atoms with Crippen LogP contribution in [0.1, 0.15) is 12.8 Å². The number of likely N-dealkylation sites (N-methyl/N-ethyl adjacent to an activating group) is 1. The minimum Gasteiger partial charge on any atom is -0.379 e. The number of hydrogen-bond donors (Lipinski definition) is 1. The van der Waals surface area contributed by atoms with E-state index in [1.807, 2.05) is 6.07 Å². The number of anilines is 1. The number of rotatable bonds is 3. The normalized spacial score (nSPS) is 25.4. The summed E-state index contributed by atoms with van der Waals surface area (Å²) < 4.78 is 5.60. The van der Waals surface area contributed by atoms with E-state index in [-0.39, 0.29) is 5.54 Å². The minimum absolute atomic E-state index is 0.0282. The second-order valence-corrected chi connectivity index (χ2v) is 4.48. The third-order valence-corrected chi connectivity index (χ3v) is 3.54. The lowest BCUT2D eigenvalue weighted by molar-refractivity contribution is 0.0396. The second kappa shape index (κ2) is 4.85. The number of nitrogens with zero attached hydrogens (tertiary/aromatic N) is 1. The van der Waals surface area contributed by atoms with Crippen molar-refractivity contribution in [1.29, 1.82) is 0 Å². The molecule has 1 aromatic carbocycles. The molecule has 2 rings (SSSR count). The van der Waals surface area contributed by atoms with E-state index in [4.69, 9.17) is 10.5 Å². The van der Waals surface area contributed by atoms with Crippen LogP contribution in [0, 0.1) is 0 Å². The Morgan fingerprint density at radius 1 is 1.38 bits per heavy atom. The van der Waals surface area contributed by atoms with Crippen LogP contribution in [-0.4, -0.2) is 32.3 Å². The second-order valence-electron chi connectivity index (χ2n) is 4.48. The number of para-hydroxylation sites is 1. The Hall–Kier alpha value is -1.06. The molecule has 0 aliphatic carbocycles. The highest BCUT2D eigenvalue weighted by atomic mass is 16.5. The van der Waals surface area contributed by atoms with E-state index in [9.17, 15) is 0 Å². The maximum absolute atomic E-state index is 5.95. The Morgan fingerprint density at radius 3 is 2.69 bits per heavy atom. The highest BCUT2D eigenvalue weighted by molar-refractivity contribution is 5.48. The Kier molecular flexibility index (Phi) is 3.46. The summed E-state index contributed by atoms with van der Waals surface area (Å²) >= 11 is 0. The summed E-state index contributed by atoms with van der Waals surface area (Å²) in [6, 6.07) is 10.4. The van der Waals surface area contributed by atoms with Gasteiger partial charge in [-0.3, -0.25) is 0 Å². The molecule has 1 aliphatic rings. The monoisotopic (exact) mass is 220 g/mol. The van der Waals surface area contributed by atoms with Crippen LogP contribution in [-0.2, 0) is 4.74 Å². The Balaban J connectivity index is 2.20. The summed E-state index contributed by atoms with van der Waals surface area (Å²) in [7, 11) is 2.11. The van der Waals surface area contributed by atoms with Crippen LogP contribution >= 0.6 is 0 Å². The van der Waals surface area contributed by atoms with Crippen LogP contribution in [0.15, 0.2) is 30.3 Å². The zero-order valence-corrected chi connectivity index (χ0v) is 9.86. The molecule has 2 N–H and O–H groups in total. The van der Waals surface area contributed by atoms with E-state index in [2.05, 4.69) is 36.2 Å². The Labute approximate surface area is 97.2 Å².